The molecule has 0 heterocycles. The van der Waals surface area contributed by atoms with Crippen LogP contribution in [0, 0.1) is 0 Å². The van der Waals surface area contributed by atoms with E-state index in [0.717, 1.165) is 22.4 Å². The van der Waals surface area contributed by atoms with Crippen molar-refractivity contribution in [1.29, 1.82) is 0 Å². The molecule has 0 saturated heterocycles. The lowest BCUT2D eigenvalue weighted by Gasteiger charge is -2.06. The van der Waals surface area contributed by atoms with E-state index in [1.807, 2.05) is 66.7 Å². The molecule has 0 atom stereocenters. The SMILES string of the molecule is Nc1ccc(-c2ccc(C(=O)OCc3ccccc3)cc2)cc1. The second kappa shape index (κ2) is 6.79. The highest BCUT2D eigenvalue weighted by atomic mass is 16.5. The van der Waals surface area contributed by atoms with E-state index in [1.165, 1.54) is 0 Å². The molecule has 2 N–H and O–H groups in total. The highest BCUT2D eigenvalue weighted by molar-refractivity contribution is 5.90. The van der Waals surface area contributed by atoms with E-state index in [0.29, 0.717) is 5.56 Å². The second-order valence-corrected chi connectivity index (χ2v) is 5.26. The largest absolute Gasteiger partial charge is 0.457 e. The standard InChI is InChI=1S/C20H17NO2/c21-19-12-10-17(11-13-19)16-6-8-18(9-7-16)20(22)23-14-15-4-2-1-3-5-15/h1-13H,14,21H2. The second-order valence-electron chi connectivity index (χ2n) is 5.26. The molecule has 3 aromatic carbocycles. The number of carbonyl (C=O) groups is 1. The number of rotatable bonds is 4. The Morgan fingerprint density at radius 1 is 0.783 bits per heavy atom. The van der Waals surface area contributed by atoms with Gasteiger partial charge in [-0.15, -0.1) is 0 Å². The average Bonchev–Trinajstić information content (AvgIpc) is 2.61. The summed E-state index contributed by atoms with van der Waals surface area (Å²) in [6.45, 7) is 0.277. The Labute approximate surface area is 135 Å². The molecule has 0 radical (unpaired) electrons. The third-order valence-corrected chi connectivity index (χ3v) is 3.58. The molecule has 0 aromatic heterocycles. The molecule has 3 nitrogen and oxygen atoms in total. The molecule has 0 aliphatic carbocycles. The van der Waals surface area contributed by atoms with Gasteiger partial charge in [0.25, 0.3) is 0 Å². The molecule has 0 spiro atoms. The molecule has 0 bridgehead atoms. The van der Waals surface area contributed by atoms with Crippen LogP contribution in [0.1, 0.15) is 15.9 Å². The summed E-state index contributed by atoms with van der Waals surface area (Å²) in [4.78, 5) is 12.1. The number of nitrogens with two attached hydrogens (primary N) is 1. The Hall–Kier alpha value is -3.07. The van der Waals surface area contributed by atoms with Crippen LogP contribution in [0.2, 0.25) is 0 Å². The molecule has 3 rings (SSSR count). The fraction of sp³-hybridized carbons (Fsp3) is 0.0500. The topological polar surface area (TPSA) is 52.3 Å². The minimum atomic E-state index is -0.322. The van der Waals surface area contributed by atoms with Gasteiger partial charge in [-0.05, 0) is 41.0 Å². The van der Waals surface area contributed by atoms with Crippen molar-refractivity contribution >= 4 is 11.7 Å². The van der Waals surface area contributed by atoms with Gasteiger partial charge >= 0.3 is 5.97 Å². The summed E-state index contributed by atoms with van der Waals surface area (Å²) in [5, 5.41) is 0. The lowest BCUT2D eigenvalue weighted by atomic mass is 10.0. The molecule has 0 aliphatic rings. The first-order valence-corrected chi connectivity index (χ1v) is 7.39. The van der Waals surface area contributed by atoms with Crippen molar-refractivity contribution in [3.05, 3.63) is 90.0 Å². The van der Waals surface area contributed by atoms with E-state index in [4.69, 9.17) is 10.5 Å². The molecule has 0 aliphatic heterocycles. The number of carbonyl (C=O) groups excluding carboxylic acids is 1. The lowest BCUT2D eigenvalue weighted by molar-refractivity contribution is 0.0473. The Kier molecular flexibility index (Phi) is 4.39. The van der Waals surface area contributed by atoms with E-state index in [9.17, 15) is 4.79 Å². The fourth-order valence-corrected chi connectivity index (χ4v) is 2.28. The van der Waals surface area contributed by atoms with Gasteiger partial charge in [-0.3, -0.25) is 0 Å². The van der Waals surface area contributed by atoms with Gasteiger partial charge in [-0.1, -0.05) is 54.6 Å². The van der Waals surface area contributed by atoms with Gasteiger partial charge in [-0.2, -0.15) is 0 Å². The highest BCUT2D eigenvalue weighted by Gasteiger charge is 2.07. The Morgan fingerprint density at radius 2 is 1.35 bits per heavy atom. The monoisotopic (exact) mass is 303 g/mol. The lowest BCUT2D eigenvalue weighted by Crippen LogP contribution is -2.05. The average molecular weight is 303 g/mol. The van der Waals surface area contributed by atoms with Crippen molar-refractivity contribution in [2.75, 3.05) is 5.73 Å². The van der Waals surface area contributed by atoms with Crippen molar-refractivity contribution in [2.24, 2.45) is 0 Å². The van der Waals surface area contributed by atoms with Crippen molar-refractivity contribution in [3.8, 4) is 11.1 Å². The summed E-state index contributed by atoms with van der Waals surface area (Å²) < 4.78 is 5.32. The highest BCUT2D eigenvalue weighted by Crippen LogP contribution is 2.21. The Bertz CT molecular complexity index is 778. The van der Waals surface area contributed by atoms with Crippen molar-refractivity contribution in [3.63, 3.8) is 0 Å². The first-order valence-electron chi connectivity index (χ1n) is 7.39. The fourth-order valence-electron chi connectivity index (χ4n) is 2.28. The van der Waals surface area contributed by atoms with Gasteiger partial charge in [0, 0.05) is 5.69 Å². The van der Waals surface area contributed by atoms with Crippen LogP contribution in [-0.2, 0) is 11.3 Å². The van der Waals surface area contributed by atoms with E-state index >= 15 is 0 Å². The van der Waals surface area contributed by atoms with Crippen molar-refractivity contribution in [1.82, 2.24) is 0 Å². The zero-order valence-corrected chi connectivity index (χ0v) is 12.6. The quantitative estimate of drug-likeness (QED) is 0.577. The molecule has 0 saturated carbocycles. The zero-order valence-electron chi connectivity index (χ0n) is 12.6. The third-order valence-electron chi connectivity index (χ3n) is 3.58. The predicted molar refractivity (Wildman–Crippen MR) is 91.9 cm³/mol. The van der Waals surface area contributed by atoms with Crippen LogP contribution in [0.5, 0.6) is 0 Å². The predicted octanol–water partition coefficient (Wildman–Crippen LogP) is 4.29. The van der Waals surface area contributed by atoms with E-state index in [1.54, 1.807) is 12.1 Å². The van der Waals surface area contributed by atoms with Gasteiger partial charge in [0.15, 0.2) is 0 Å². The van der Waals surface area contributed by atoms with Gasteiger partial charge in [-0.25, -0.2) is 4.79 Å². The normalized spacial score (nSPS) is 10.3. The molecule has 0 amide bonds. The molecule has 23 heavy (non-hydrogen) atoms. The van der Waals surface area contributed by atoms with Gasteiger partial charge in [0.1, 0.15) is 6.61 Å². The van der Waals surface area contributed by atoms with Gasteiger partial charge in [0.05, 0.1) is 5.56 Å². The number of hydrogen-bond acceptors (Lipinski definition) is 3. The number of esters is 1. The third kappa shape index (κ3) is 3.77. The molecular weight excluding hydrogens is 286 g/mol. The summed E-state index contributed by atoms with van der Waals surface area (Å²) in [7, 11) is 0. The minimum absolute atomic E-state index is 0.277. The zero-order chi connectivity index (χ0) is 16.1. The van der Waals surface area contributed by atoms with Crippen molar-refractivity contribution in [2.45, 2.75) is 6.61 Å². The van der Waals surface area contributed by atoms with E-state index in [2.05, 4.69) is 0 Å². The molecule has 0 unspecified atom stereocenters. The van der Waals surface area contributed by atoms with Gasteiger partial charge < -0.3 is 10.5 Å². The Morgan fingerprint density at radius 3 is 1.96 bits per heavy atom. The number of anilines is 1. The van der Waals surface area contributed by atoms with E-state index < -0.39 is 0 Å². The van der Waals surface area contributed by atoms with Crippen LogP contribution in [0.3, 0.4) is 0 Å². The maximum absolute atomic E-state index is 12.1. The summed E-state index contributed by atoms with van der Waals surface area (Å²) in [6, 6.07) is 24.6. The van der Waals surface area contributed by atoms with E-state index in [-0.39, 0.29) is 12.6 Å². The maximum atomic E-state index is 12.1. The number of ether oxygens (including phenoxy) is 1. The molecule has 3 aromatic rings. The van der Waals surface area contributed by atoms with Crippen LogP contribution in [-0.4, -0.2) is 5.97 Å². The first-order chi connectivity index (χ1) is 11.2. The van der Waals surface area contributed by atoms with Crippen LogP contribution in [0.15, 0.2) is 78.9 Å². The summed E-state index contributed by atoms with van der Waals surface area (Å²) >= 11 is 0. The molecule has 3 heteroatoms. The molecule has 0 fully saturated rings. The number of benzene rings is 3. The van der Waals surface area contributed by atoms with Crippen LogP contribution in [0.25, 0.3) is 11.1 Å². The van der Waals surface area contributed by atoms with Crippen LogP contribution >= 0.6 is 0 Å². The summed E-state index contributed by atoms with van der Waals surface area (Å²) in [6.07, 6.45) is 0. The van der Waals surface area contributed by atoms with Crippen LogP contribution < -0.4 is 5.73 Å². The maximum Gasteiger partial charge on any atom is 0.338 e. The smallest absolute Gasteiger partial charge is 0.338 e. The minimum Gasteiger partial charge on any atom is -0.457 e. The molecular formula is C20H17NO2. The Balaban J connectivity index is 1.67. The number of hydrogen-bond donors (Lipinski definition) is 1. The summed E-state index contributed by atoms with van der Waals surface area (Å²) in [5.41, 5.74) is 10.0. The molecule has 114 valence electrons. The number of nitrogen functional groups attached to an aromatic ring is 1. The van der Waals surface area contributed by atoms with Gasteiger partial charge in [0.2, 0.25) is 0 Å². The summed E-state index contributed by atoms with van der Waals surface area (Å²) in [5.74, 6) is -0.322. The van der Waals surface area contributed by atoms with Crippen molar-refractivity contribution < 1.29 is 9.53 Å². The van der Waals surface area contributed by atoms with Crippen LogP contribution in [0.4, 0.5) is 5.69 Å². The first kappa shape index (κ1) is 14.9.